The van der Waals surface area contributed by atoms with Crippen molar-refractivity contribution in [1.82, 2.24) is 10.2 Å². The van der Waals surface area contributed by atoms with Crippen molar-refractivity contribution >= 4 is 30.8 Å². The SMILES string of the molecule is CC=NC(=NCNC12[B]C(C(C)C)(CCC1)CC2)Nc1ccc(N(C)CCN(C)C)cc1OC. The predicted octanol–water partition coefficient (Wildman–Crippen LogP) is 4.29. The Kier molecular flexibility index (Phi) is 9.04. The van der Waals surface area contributed by atoms with E-state index in [2.05, 4.69) is 79.8 Å². The van der Waals surface area contributed by atoms with Crippen molar-refractivity contribution in [2.45, 2.75) is 63.6 Å². The highest BCUT2D eigenvalue weighted by atomic mass is 16.5. The van der Waals surface area contributed by atoms with Crippen molar-refractivity contribution in [1.29, 1.82) is 0 Å². The monoisotopic (exact) mass is 467 g/mol. The molecule has 8 heteroatoms. The number of hydrogen-bond acceptors (Lipinski definition) is 5. The fraction of sp³-hybridized carbons (Fsp3) is 0.692. The van der Waals surface area contributed by atoms with Crippen LogP contribution in [0.1, 0.15) is 52.9 Å². The van der Waals surface area contributed by atoms with Crippen LogP contribution in [-0.4, -0.2) is 77.8 Å². The largest absolute Gasteiger partial charge is 0.494 e. The number of nitrogens with one attached hydrogen (secondary N) is 2. The van der Waals surface area contributed by atoms with Crippen LogP contribution in [0.5, 0.6) is 5.75 Å². The summed E-state index contributed by atoms with van der Waals surface area (Å²) in [6.45, 7) is 9.12. The van der Waals surface area contributed by atoms with Crippen LogP contribution in [0, 0.1) is 5.92 Å². The molecule has 0 aliphatic carbocycles. The van der Waals surface area contributed by atoms with Crippen LogP contribution in [-0.2, 0) is 0 Å². The molecule has 1 radical (unpaired) electrons. The van der Waals surface area contributed by atoms with E-state index in [1.54, 1.807) is 13.3 Å². The Labute approximate surface area is 207 Å². The molecule has 2 aliphatic heterocycles. The van der Waals surface area contributed by atoms with Gasteiger partial charge in [0, 0.05) is 38.1 Å². The molecule has 0 saturated carbocycles. The molecule has 1 aromatic carbocycles. The molecule has 2 unspecified atom stereocenters. The van der Waals surface area contributed by atoms with Gasteiger partial charge < -0.3 is 25.2 Å². The van der Waals surface area contributed by atoms with Crippen LogP contribution in [0.15, 0.2) is 28.2 Å². The van der Waals surface area contributed by atoms with Gasteiger partial charge in [-0.2, -0.15) is 0 Å². The lowest BCUT2D eigenvalue weighted by Crippen LogP contribution is -2.52. The van der Waals surface area contributed by atoms with Gasteiger partial charge in [0.1, 0.15) is 13.0 Å². The van der Waals surface area contributed by atoms with Crippen LogP contribution in [0.3, 0.4) is 0 Å². The summed E-state index contributed by atoms with van der Waals surface area (Å²) in [6.07, 6.45) is 8.07. The molecule has 34 heavy (non-hydrogen) atoms. The minimum absolute atomic E-state index is 0.115. The number of methoxy groups -OCH3 is 1. The average molecular weight is 467 g/mol. The molecule has 2 fully saturated rings. The number of likely N-dealkylation sites (N-methyl/N-ethyl adjacent to an activating group) is 2. The number of fused-ring (bicyclic) bond motifs is 2. The third kappa shape index (κ3) is 6.33. The molecule has 2 aliphatic rings. The lowest BCUT2D eigenvalue weighted by Gasteiger charge is -2.41. The summed E-state index contributed by atoms with van der Waals surface area (Å²) >= 11 is 0. The Morgan fingerprint density at radius 3 is 2.65 bits per heavy atom. The van der Waals surface area contributed by atoms with E-state index in [4.69, 9.17) is 9.73 Å². The second kappa shape index (κ2) is 11.6. The van der Waals surface area contributed by atoms with E-state index in [9.17, 15) is 0 Å². The summed E-state index contributed by atoms with van der Waals surface area (Å²) in [4.78, 5) is 13.7. The number of nitrogens with zero attached hydrogens (tertiary/aromatic N) is 4. The second-order valence-corrected chi connectivity index (χ2v) is 10.5. The van der Waals surface area contributed by atoms with Gasteiger partial charge in [-0.3, -0.25) is 0 Å². The number of benzene rings is 1. The maximum Gasteiger partial charge on any atom is 0.223 e. The molecular formula is C26H44BN6O. The molecule has 2 saturated heterocycles. The molecule has 187 valence electrons. The van der Waals surface area contributed by atoms with Crippen molar-refractivity contribution in [3.05, 3.63) is 18.2 Å². The Bertz CT molecular complexity index is 873. The zero-order valence-electron chi connectivity index (χ0n) is 22.3. The van der Waals surface area contributed by atoms with E-state index in [0.717, 1.165) is 30.2 Å². The molecule has 0 amide bonds. The van der Waals surface area contributed by atoms with E-state index in [1.807, 2.05) is 13.0 Å². The summed E-state index contributed by atoms with van der Waals surface area (Å²) in [5, 5.41) is 7.52. The van der Waals surface area contributed by atoms with Gasteiger partial charge in [-0.1, -0.05) is 38.4 Å². The highest BCUT2D eigenvalue weighted by Gasteiger charge is 2.52. The van der Waals surface area contributed by atoms with Gasteiger partial charge in [0.15, 0.2) is 0 Å². The molecular weight excluding hydrogens is 423 g/mol. The molecule has 0 aromatic heterocycles. The zero-order valence-corrected chi connectivity index (χ0v) is 22.3. The average Bonchev–Trinajstić information content (AvgIpc) is 3.08. The van der Waals surface area contributed by atoms with Crippen LogP contribution < -0.4 is 20.3 Å². The number of rotatable bonds is 10. The van der Waals surface area contributed by atoms with Crippen molar-refractivity contribution in [3.63, 3.8) is 0 Å². The fourth-order valence-corrected chi connectivity index (χ4v) is 5.38. The molecule has 7 nitrogen and oxygen atoms in total. The van der Waals surface area contributed by atoms with E-state index in [1.165, 1.54) is 32.1 Å². The Hall–Kier alpha value is -2.06. The first-order valence-electron chi connectivity index (χ1n) is 12.7. The maximum atomic E-state index is 5.69. The molecule has 2 N–H and O–H groups in total. The van der Waals surface area contributed by atoms with Crippen molar-refractivity contribution < 1.29 is 4.74 Å². The van der Waals surface area contributed by atoms with Crippen molar-refractivity contribution in [3.8, 4) is 5.75 Å². The lowest BCUT2D eigenvalue weighted by molar-refractivity contribution is 0.356. The normalized spacial score (nSPS) is 24.7. The molecule has 2 atom stereocenters. The van der Waals surface area contributed by atoms with Crippen LogP contribution >= 0.6 is 0 Å². The topological polar surface area (TPSA) is 64.5 Å². The summed E-state index contributed by atoms with van der Waals surface area (Å²) in [5.41, 5.74) is 2.09. The molecule has 2 bridgehead atoms. The van der Waals surface area contributed by atoms with Crippen LogP contribution in [0.25, 0.3) is 0 Å². The first kappa shape index (κ1) is 26.5. The van der Waals surface area contributed by atoms with E-state index < -0.39 is 0 Å². The van der Waals surface area contributed by atoms with Gasteiger partial charge in [-0.25, -0.2) is 9.98 Å². The van der Waals surface area contributed by atoms with Gasteiger partial charge >= 0.3 is 0 Å². The molecule has 1 aromatic rings. The van der Waals surface area contributed by atoms with Crippen molar-refractivity contribution in [2.24, 2.45) is 15.9 Å². The predicted molar refractivity (Wildman–Crippen MR) is 147 cm³/mol. The summed E-state index contributed by atoms with van der Waals surface area (Å²) in [5.74, 6) is 2.06. The number of anilines is 2. The van der Waals surface area contributed by atoms with E-state index >= 15 is 0 Å². The van der Waals surface area contributed by atoms with Crippen LogP contribution in [0.4, 0.5) is 11.4 Å². The zero-order chi connectivity index (χ0) is 24.8. The quantitative estimate of drug-likeness (QED) is 0.305. The first-order valence-corrected chi connectivity index (χ1v) is 12.7. The van der Waals surface area contributed by atoms with Gasteiger partial charge in [-0.05, 0) is 57.3 Å². The number of ether oxygens (including phenoxy) is 1. The van der Waals surface area contributed by atoms with Crippen molar-refractivity contribution in [2.75, 3.05) is 58.2 Å². The van der Waals surface area contributed by atoms with E-state index in [-0.39, 0.29) is 5.44 Å². The van der Waals surface area contributed by atoms with Gasteiger partial charge in [-0.15, -0.1) is 0 Å². The summed E-state index contributed by atoms with van der Waals surface area (Å²) in [6, 6.07) is 6.20. The highest BCUT2D eigenvalue weighted by molar-refractivity contribution is 6.46. The minimum Gasteiger partial charge on any atom is -0.494 e. The summed E-state index contributed by atoms with van der Waals surface area (Å²) in [7, 11) is 10.6. The maximum absolute atomic E-state index is 5.69. The Morgan fingerprint density at radius 1 is 1.18 bits per heavy atom. The number of hydrogen-bond donors (Lipinski definition) is 2. The van der Waals surface area contributed by atoms with Gasteiger partial charge in [0.25, 0.3) is 0 Å². The molecule has 3 rings (SSSR count). The summed E-state index contributed by atoms with van der Waals surface area (Å²) < 4.78 is 5.69. The standard InChI is InChI=1S/C26H44BN6O/c1-8-28-24(29-19-30-26-13-9-12-25(27-26,14-15-26)20(2)3)31-22-11-10-21(18-23(22)34-7)33(6)17-16-32(4)5/h8,10-11,18,20,30H,9,12-17,19H2,1-7H3,(H,29,31). The number of guanidine groups is 1. The van der Waals surface area contributed by atoms with Gasteiger partial charge in [0.2, 0.25) is 5.96 Å². The molecule has 0 spiro atoms. The highest BCUT2D eigenvalue weighted by Crippen LogP contribution is 2.57. The van der Waals surface area contributed by atoms with Gasteiger partial charge in [0.05, 0.1) is 19.5 Å². The Balaban J connectivity index is 1.66. The van der Waals surface area contributed by atoms with Crippen LogP contribution in [0.2, 0.25) is 5.31 Å². The third-order valence-electron chi connectivity index (χ3n) is 7.68. The second-order valence-electron chi connectivity index (χ2n) is 10.5. The Morgan fingerprint density at radius 2 is 1.97 bits per heavy atom. The molecule has 2 heterocycles. The lowest BCUT2D eigenvalue weighted by atomic mass is 9.39. The smallest absolute Gasteiger partial charge is 0.223 e. The number of aliphatic imine (C=N–C) groups is 2. The fourth-order valence-electron chi connectivity index (χ4n) is 5.38. The minimum atomic E-state index is 0.115. The van der Waals surface area contributed by atoms with E-state index in [0.29, 0.717) is 23.9 Å². The first-order chi connectivity index (χ1) is 16.2. The third-order valence-corrected chi connectivity index (χ3v) is 7.68.